The highest BCUT2D eigenvalue weighted by Crippen LogP contribution is 2.19. The molecule has 2 N–H and O–H groups in total. The van der Waals surface area contributed by atoms with Crippen molar-refractivity contribution >= 4 is 23.2 Å². The van der Waals surface area contributed by atoms with Gasteiger partial charge in [0, 0.05) is 17.6 Å². The van der Waals surface area contributed by atoms with Crippen LogP contribution in [0.1, 0.15) is 23.4 Å². The van der Waals surface area contributed by atoms with Crippen molar-refractivity contribution in [2.75, 3.05) is 0 Å². The third-order valence-electron chi connectivity index (χ3n) is 3.45. The van der Waals surface area contributed by atoms with E-state index in [9.17, 15) is 14.7 Å². The molecule has 1 aromatic carbocycles. The number of aromatic nitrogens is 4. The fourth-order valence-electron chi connectivity index (χ4n) is 2.18. The number of halogens is 2. The minimum atomic E-state index is -0.847. The molecule has 25 heavy (non-hydrogen) atoms. The van der Waals surface area contributed by atoms with Crippen molar-refractivity contribution in [3.8, 4) is 0 Å². The molecule has 0 aliphatic rings. The number of benzene rings is 1. The van der Waals surface area contributed by atoms with Gasteiger partial charge in [-0.1, -0.05) is 40.5 Å². The normalized spacial score (nSPS) is 12.3. The van der Waals surface area contributed by atoms with E-state index in [-0.39, 0.29) is 29.7 Å². The molecule has 2 aromatic heterocycles. The second-order valence-electron chi connectivity index (χ2n) is 5.21. The quantitative estimate of drug-likeness (QED) is 0.691. The minimum Gasteiger partial charge on any atom is -0.388 e. The first-order chi connectivity index (χ1) is 11.9. The minimum absolute atomic E-state index is 0.0492. The molecular formula is C15H12Cl2N4O4. The van der Waals surface area contributed by atoms with Gasteiger partial charge in [-0.05, 0) is 17.7 Å². The number of hydrogen-bond acceptors (Lipinski definition) is 6. The molecule has 130 valence electrons. The van der Waals surface area contributed by atoms with Crippen LogP contribution < -0.4 is 11.2 Å². The summed E-state index contributed by atoms with van der Waals surface area (Å²) in [6.07, 6.45) is 0.371. The Morgan fingerprint density at radius 3 is 2.68 bits per heavy atom. The molecule has 1 atom stereocenters. The Morgan fingerprint density at radius 1 is 1.24 bits per heavy atom. The van der Waals surface area contributed by atoms with Gasteiger partial charge in [0.05, 0.1) is 6.10 Å². The number of hydrogen-bond donors (Lipinski definition) is 2. The molecule has 3 aromatic rings. The number of nitrogens with zero attached hydrogens (tertiary/aromatic N) is 3. The zero-order chi connectivity index (χ0) is 18.0. The standard InChI is InChI=1S/C15H12Cl2N4O4/c16-9-3-1-8(2-4-9)11(22)5-12-19-13(25-20-12)7-21-14(23)10(17)6-18-15(21)24/h1-4,6,11,22H,5,7H2,(H,18,24)/t11-/m0/s1. The van der Waals surface area contributed by atoms with Gasteiger partial charge in [0.2, 0.25) is 5.89 Å². The van der Waals surface area contributed by atoms with E-state index < -0.39 is 17.4 Å². The van der Waals surface area contributed by atoms with Gasteiger partial charge >= 0.3 is 5.69 Å². The van der Waals surface area contributed by atoms with Gasteiger partial charge in [-0.25, -0.2) is 9.36 Å². The van der Waals surface area contributed by atoms with Gasteiger partial charge in [0.1, 0.15) is 11.6 Å². The fourth-order valence-corrected chi connectivity index (χ4v) is 2.46. The van der Waals surface area contributed by atoms with Crippen molar-refractivity contribution in [2.45, 2.75) is 19.1 Å². The number of aromatic amines is 1. The summed E-state index contributed by atoms with van der Waals surface area (Å²) >= 11 is 11.5. The topological polar surface area (TPSA) is 114 Å². The largest absolute Gasteiger partial charge is 0.388 e. The average molecular weight is 383 g/mol. The molecule has 0 aliphatic carbocycles. The zero-order valence-corrected chi connectivity index (χ0v) is 14.2. The number of aliphatic hydroxyl groups is 1. The molecule has 0 radical (unpaired) electrons. The van der Waals surface area contributed by atoms with Crippen molar-refractivity contribution in [1.82, 2.24) is 19.7 Å². The Balaban J connectivity index is 1.75. The van der Waals surface area contributed by atoms with Crippen LogP contribution in [0.4, 0.5) is 0 Å². The van der Waals surface area contributed by atoms with Crippen LogP contribution in [0.3, 0.4) is 0 Å². The lowest BCUT2D eigenvalue weighted by atomic mass is 10.1. The lowest BCUT2D eigenvalue weighted by Gasteiger charge is -2.08. The molecule has 0 amide bonds. The highest BCUT2D eigenvalue weighted by atomic mass is 35.5. The Kier molecular flexibility index (Phi) is 5.03. The smallest absolute Gasteiger partial charge is 0.328 e. The predicted molar refractivity (Wildman–Crippen MR) is 89.8 cm³/mol. The SMILES string of the molecule is O=c1[nH]cc(Cl)c(=O)n1Cc1nc(C[C@H](O)c2ccc(Cl)cc2)no1. The van der Waals surface area contributed by atoms with Crippen molar-refractivity contribution < 1.29 is 9.63 Å². The molecular weight excluding hydrogens is 371 g/mol. The number of rotatable bonds is 5. The molecule has 0 spiro atoms. The summed E-state index contributed by atoms with van der Waals surface area (Å²) in [5.74, 6) is 0.289. The molecule has 10 heteroatoms. The monoisotopic (exact) mass is 382 g/mol. The lowest BCUT2D eigenvalue weighted by molar-refractivity contribution is 0.174. The number of aliphatic hydroxyl groups excluding tert-OH is 1. The van der Waals surface area contributed by atoms with Crippen LogP contribution in [-0.4, -0.2) is 24.8 Å². The zero-order valence-electron chi connectivity index (χ0n) is 12.6. The molecule has 0 fully saturated rings. The average Bonchev–Trinajstić information content (AvgIpc) is 3.03. The maximum Gasteiger partial charge on any atom is 0.328 e. The van der Waals surface area contributed by atoms with E-state index in [0.29, 0.717) is 10.6 Å². The molecule has 3 rings (SSSR count). The molecule has 0 unspecified atom stereocenters. The molecule has 2 heterocycles. The summed E-state index contributed by atoms with van der Waals surface area (Å²) in [5.41, 5.74) is -0.653. The third kappa shape index (κ3) is 3.98. The molecule has 8 nitrogen and oxygen atoms in total. The Hall–Kier alpha value is -2.42. The summed E-state index contributed by atoms with van der Waals surface area (Å²) in [4.78, 5) is 30.0. The van der Waals surface area contributed by atoms with Crippen molar-refractivity contribution in [1.29, 1.82) is 0 Å². The van der Waals surface area contributed by atoms with Crippen LogP contribution in [0.25, 0.3) is 0 Å². The first-order valence-electron chi connectivity index (χ1n) is 7.17. The number of nitrogens with one attached hydrogen (secondary N) is 1. The van der Waals surface area contributed by atoms with Gasteiger partial charge in [-0.2, -0.15) is 4.98 Å². The maximum atomic E-state index is 11.9. The second kappa shape index (κ2) is 7.22. The molecule has 0 bridgehead atoms. The van der Waals surface area contributed by atoms with Gasteiger partial charge < -0.3 is 14.6 Å². The predicted octanol–water partition coefficient (Wildman–Crippen LogP) is 1.55. The van der Waals surface area contributed by atoms with Crippen molar-refractivity contribution in [3.63, 3.8) is 0 Å². The summed E-state index contributed by atoms with van der Waals surface area (Å²) in [6.45, 7) is -0.223. The van der Waals surface area contributed by atoms with E-state index in [1.807, 2.05) is 0 Å². The van der Waals surface area contributed by atoms with Crippen LogP contribution >= 0.6 is 23.2 Å². The maximum absolute atomic E-state index is 11.9. The Labute approximate surface area is 150 Å². The second-order valence-corrected chi connectivity index (χ2v) is 6.05. The van der Waals surface area contributed by atoms with Gasteiger partial charge in [0.15, 0.2) is 5.82 Å². The van der Waals surface area contributed by atoms with Crippen LogP contribution in [0, 0.1) is 0 Å². The summed E-state index contributed by atoms with van der Waals surface area (Å²) < 4.78 is 5.87. The Bertz CT molecular complexity index is 994. The summed E-state index contributed by atoms with van der Waals surface area (Å²) in [5, 5.41) is 14.4. The fraction of sp³-hybridized carbons (Fsp3) is 0.200. The van der Waals surface area contributed by atoms with Crippen LogP contribution in [-0.2, 0) is 13.0 Å². The van der Waals surface area contributed by atoms with E-state index in [2.05, 4.69) is 15.1 Å². The summed E-state index contributed by atoms with van der Waals surface area (Å²) in [7, 11) is 0. The summed E-state index contributed by atoms with van der Waals surface area (Å²) in [6, 6.07) is 6.72. The molecule has 0 saturated carbocycles. The van der Waals surface area contributed by atoms with E-state index in [1.54, 1.807) is 24.3 Å². The first-order valence-corrected chi connectivity index (χ1v) is 7.92. The van der Waals surface area contributed by atoms with Gasteiger partial charge in [-0.3, -0.25) is 4.79 Å². The van der Waals surface area contributed by atoms with E-state index in [1.165, 1.54) is 0 Å². The van der Waals surface area contributed by atoms with Crippen molar-refractivity contribution in [3.05, 3.63) is 78.6 Å². The molecule has 0 saturated heterocycles. The van der Waals surface area contributed by atoms with Crippen molar-refractivity contribution in [2.24, 2.45) is 0 Å². The molecule has 0 aliphatic heterocycles. The first kappa shape index (κ1) is 17.4. The number of H-pyrrole nitrogens is 1. The van der Waals surface area contributed by atoms with Crippen LogP contribution in [0.5, 0.6) is 0 Å². The van der Waals surface area contributed by atoms with E-state index >= 15 is 0 Å². The highest BCUT2D eigenvalue weighted by Gasteiger charge is 2.15. The highest BCUT2D eigenvalue weighted by molar-refractivity contribution is 6.30. The Morgan fingerprint density at radius 2 is 1.96 bits per heavy atom. The van der Waals surface area contributed by atoms with Crippen LogP contribution in [0.15, 0.2) is 44.6 Å². The third-order valence-corrected chi connectivity index (χ3v) is 3.97. The van der Waals surface area contributed by atoms with E-state index in [4.69, 9.17) is 27.7 Å². The van der Waals surface area contributed by atoms with E-state index in [0.717, 1.165) is 10.8 Å². The lowest BCUT2D eigenvalue weighted by Crippen LogP contribution is -2.35. The van der Waals surface area contributed by atoms with Gasteiger partial charge in [-0.15, -0.1) is 0 Å². The van der Waals surface area contributed by atoms with Gasteiger partial charge in [0.25, 0.3) is 5.56 Å². The van der Waals surface area contributed by atoms with Crippen LogP contribution in [0.2, 0.25) is 10.0 Å².